The molecule has 1 aromatic heterocycles. The Hall–Kier alpha value is -3.79. The van der Waals surface area contributed by atoms with E-state index in [0.717, 1.165) is 28.5 Å². The number of aryl methyl sites for hydroxylation is 2. The van der Waals surface area contributed by atoms with E-state index in [1.165, 1.54) is 10.5 Å². The molecule has 0 bridgehead atoms. The van der Waals surface area contributed by atoms with E-state index in [1.54, 1.807) is 30.3 Å². The third-order valence-electron chi connectivity index (χ3n) is 5.28. The van der Waals surface area contributed by atoms with Crippen molar-refractivity contribution in [3.05, 3.63) is 64.1 Å². The van der Waals surface area contributed by atoms with Gasteiger partial charge in [-0.2, -0.15) is 0 Å². The van der Waals surface area contributed by atoms with Crippen LogP contribution in [0.2, 0.25) is 0 Å². The van der Waals surface area contributed by atoms with Gasteiger partial charge >= 0.3 is 0 Å². The van der Waals surface area contributed by atoms with Crippen LogP contribution in [-0.4, -0.2) is 49.1 Å². The van der Waals surface area contributed by atoms with Gasteiger partial charge in [0.05, 0.1) is 4.91 Å². The van der Waals surface area contributed by atoms with Crippen LogP contribution in [0.4, 0.5) is 10.5 Å². The molecule has 2 aromatic carbocycles. The van der Waals surface area contributed by atoms with Gasteiger partial charge in [-0.05, 0) is 89.5 Å². The van der Waals surface area contributed by atoms with Crippen molar-refractivity contribution < 1.29 is 14.4 Å². The molecule has 0 radical (unpaired) electrons. The summed E-state index contributed by atoms with van der Waals surface area (Å²) in [5.41, 5.74) is 4.61. The number of benzene rings is 2. The molecule has 3 aromatic rings. The average Bonchev–Trinajstić information content (AvgIpc) is 3.41. The Morgan fingerprint density at radius 2 is 1.91 bits per heavy atom. The van der Waals surface area contributed by atoms with Crippen LogP contribution in [0, 0.1) is 13.8 Å². The lowest BCUT2D eigenvalue weighted by molar-refractivity contribution is -0.123. The molecule has 3 amide bonds. The second kappa shape index (κ2) is 9.78. The summed E-state index contributed by atoms with van der Waals surface area (Å²) in [7, 11) is 0. The van der Waals surface area contributed by atoms with Crippen LogP contribution in [0.1, 0.15) is 29.5 Å². The molecule has 9 nitrogen and oxygen atoms in total. The summed E-state index contributed by atoms with van der Waals surface area (Å²) in [6, 6.07) is 13.0. The number of imide groups is 1. The van der Waals surface area contributed by atoms with Crippen molar-refractivity contribution in [2.45, 2.75) is 26.7 Å². The minimum atomic E-state index is -0.318. The number of hydrogen-bond donors (Lipinski definition) is 2. The summed E-state index contributed by atoms with van der Waals surface area (Å²) in [6.45, 7) is 4.22. The topological polar surface area (TPSA) is 121 Å². The maximum Gasteiger partial charge on any atom is 0.293 e. The van der Waals surface area contributed by atoms with Crippen molar-refractivity contribution >= 4 is 40.6 Å². The Balaban J connectivity index is 1.28. The lowest BCUT2D eigenvalue weighted by Gasteiger charge is -2.12. The van der Waals surface area contributed by atoms with Gasteiger partial charge in [0.1, 0.15) is 0 Å². The molecule has 1 saturated heterocycles. The molecule has 168 valence electrons. The number of aromatic amines is 1. The number of rotatable bonds is 7. The van der Waals surface area contributed by atoms with E-state index in [-0.39, 0.29) is 30.0 Å². The summed E-state index contributed by atoms with van der Waals surface area (Å²) < 4.78 is 0. The van der Waals surface area contributed by atoms with Crippen LogP contribution in [0.25, 0.3) is 17.5 Å². The quantitative estimate of drug-likeness (QED) is 0.510. The highest BCUT2D eigenvalue weighted by atomic mass is 32.2. The predicted octanol–water partition coefficient (Wildman–Crippen LogP) is 3.94. The number of amides is 3. The monoisotopic (exact) mass is 462 g/mol. The van der Waals surface area contributed by atoms with Crippen molar-refractivity contribution in [1.82, 2.24) is 25.5 Å². The molecule has 33 heavy (non-hydrogen) atoms. The Morgan fingerprint density at radius 3 is 2.61 bits per heavy atom. The number of nitrogens with one attached hydrogen (secondary N) is 2. The highest BCUT2D eigenvalue weighted by molar-refractivity contribution is 8.18. The van der Waals surface area contributed by atoms with Gasteiger partial charge in [-0.3, -0.25) is 19.3 Å². The maximum atomic E-state index is 12.7. The first-order valence-corrected chi connectivity index (χ1v) is 11.2. The molecule has 0 spiro atoms. The second-order valence-corrected chi connectivity index (χ2v) is 8.65. The summed E-state index contributed by atoms with van der Waals surface area (Å²) >= 11 is 0.930. The predicted molar refractivity (Wildman–Crippen MR) is 126 cm³/mol. The number of anilines is 1. The van der Waals surface area contributed by atoms with Crippen molar-refractivity contribution in [1.29, 1.82) is 0 Å². The first kappa shape index (κ1) is 22.4. The van der Waals surface area contributed by atoms with Crippen molar-refractivity contribution in [2.75, 3.05) is 11.9 Å². The number of H-pyrrole nitrogens is 1. The first-order valence-electron chi connectivity index (χ1n) is 10.4. The van der Waals surface area contributed by atoms with Gasteiger partial charge in [0, 0.05) is 24.2 Å². The van der Waals surface area contributed by atoms with E-state index < -0.39 is 0 Å². The zero-order chi connectivity index (χ0) is 23.4. The largest absolute Gasteiger partial charge is 0.326 e. The van der Waals surface area contributed by atoms with Gasteiger partial charge in [-0.25, -0.2) is 5.10 Å². The zero-order valence-electron chi connectivity index (χ0n) is 18.2. The van der Waals surface area contributed by atoms with Crippen LogP contribution in [-0.2, 0) is 9.59 Å². The van der Waals surface area contributed by atoms with Gasteiger partial charge in [0.25, 0.3) is 11.1 Å². The van der Waals surface area contributed by atoms with E-state index in [0.29, 0.717) is 22.8 Å². The standard InChI is InChI=1S/C23H22N6O3S/c1-14-5-6-16(12-15(14)2)13-19-22(31)29(23(32)33-19)11-3-4-20(30)24-18-9-7-17(8-10-18)21-25-27-28-26-21/h5-10,12-13H,3-4,11H2,1-2H3,(H,24,30)(H,25,26,27,28)/b19-13-. The minimum absolute atomic E-state index is 0.186. The van der Waals surface area contributed by atoms with E-state index in [2.05, 4.69) is 25.9 Å². The van der Waals surface area contributed by atoms with Gasteiger partial charge < -0.3 is 5.32 Å². The van der Waals surface area contributed by atoms with E-state index in [9.17, 15) is 14.4 Å². The number of hydrogen-bond acceptors (Lipinski definition) is 7. The Morgan fingerprint density at radius 1 is 1.12 bits per heavy atom. The first-order chi connectivity index (χ1) is 15.9. The fourth-order valence-corrected chi connectivity index (χ4v) is 4.18. The number of tetrazole rings is 1. The molecular formula is C23H22N6O3S. The SMILES string of the molecule is Cc1ccc(/C=C2\SC(=O)N(CCCC(=O)Nc3ccc(-c4nnn[nH]4)cc3)C2=O)cc1C. The fraction of sp³-hybridized carbons (Fsp3) is 0.217. The Kier molecular flexibility index (Phi) is 6.64. The van der Waals surface area contributed by atoms with Gasteiger partial charge in [0.2, 0.25) is 5.91 Å². The average molecular weight is 463 g/mol. The van der Waals surface area contributed by atoms with E-state index in [4.69, 9.17) is 0 Å². The number of nitrogens with zero attached hydrogens (tertiary/aromatic N) is 4. The Bertz CT molecular complexity index is 1220. The third kappa shape index (κ3) is 5.35. The van der Waals surface area contributed by atoms with Crippen LogP contribution in [0.3, 0.4) is 0 Å². The van der Waals surface area contributed by atoms with Crippen molar-refractivity contribution in [3.63, 3.8) is 0 Å². The number of carbonyl (C=O) groups is 3. The molecule has 2 heterocycles. The molecular weight excluding hydrogens is 440 g/mol. The molecule has 1 aliphatic rings. The zero-order valence-corrected chi connectivity index (χ0v) is 19.0. The molecule has 0 atom stereocenters. The fourth-order valence-electron chi connectivity index (χ4n) is 3.31. The molecule has 0 saturated carbocycles. The highest BCUT2D eigenvalue weighted by Crippen LogP contribution is 2.32. The van der Waals surface area contributed by atoms with Gasteiger partial charge in [-0.15, -0.1) is 5.10 Å². The van der Waals surface area contributed by atoms with E-state index in [1.807, 2.05) is 32.0 Å². The van der Waals surface area contributed by atoms with E-state index >= 15 is 0 Å². The maximum absolute atomic E-state index is 12.7. The molecule has 1 aliphatic heterocycles. The smallest absolute Gasteiger partial charge is 0.293 e. The summed E-state index contributed by atoms with van der Waals surface area (Å²) in [4.78, 5) is 38.9. The minimum Gasteiger partial charge on any atom is -0.326 e. The molecule has 10 heteroatoms. The Labute approximate surface area is 194 Å². The summed E-state index contributed by atoms with van der Waals surface area (Å²) in [6.07, 6.45) is 2.30. The number of carbonyl (C=O) groups excluding carboxylic acids is 3. The molecule has 2 N–H and O–H groups in total. The lowest BCUT2D eigenvalue weighted by atomic mass is 10.1. The third-order valence-corrected chi connectivity index (χ3v) is 6.18. The molecule has 0 aliphatic carbocycles. The molecule has 0 unspecified atom stereocenters. The van der Waals surface area contributed by atoms with Crippen LogP contribution in [0.15, 0.2) is 47.4 Å². The summed E-state index contributed by atoms with van der Waals surface area (Å²) in [5.74, 6) is 0.0273. The highest BCUT2D eigenvalue weighted by Gasteiger charge is 2.34. The summed E-state index contributed by atoms with van der Waals surface area (Å²) in [5, 5.41) is 16.1. The van der Waals surface area contributed by atoms with Gasteiger partial charge in [-0.1, -0.05) is 18.2 Å². The normalized spacial score (nSPS) is 14.8. The second-order valence-electron chi connectivity index (χ2n) is 7.66. The molecule has 1 fully saturated rings. The van der Waals surface area contributed by atoms with Crippen LogP contribution >= 0.6 is 11.8 Å². The van der Waals surface area contributed by atoms with Crippen LogP contribution < -0.4 is 5.32 Å². The lowest BCUT2D eigenvalue weighted by Crippen LogP contribution is -2.29. The van der Waals surface area contributed by atoms with Gasteiger partial charge in [0.15, 0.2) is 5.82 Å². The molecule has 4 rings (SSSR count). The van der Waals surface area contributed by atoms with Crippen molar-refractivity contribution in [3.8, 4) is 11.4 Å². The van der Waals surface area contributed by atoms with Crippen LogP contribution in [0.5, 0.6) is 0 Å². The number of aromatic nitrogens is 4. The van der Waals surface area contributed by atoms with Crippen molar-refractivity contribution in [2.24, 2.45) is 0 Å². The number of thioether (sulfide) groups is 1.